The Kier molecular flexibility index (Phi) is 8.84. The molecule has 2 amide bonds. The quantitative estimate of drug-likeness (QED) is 0.398. The lowest BCUT2D eigenvalue weighted by molar-refractivity contribution is -0.139. The van der Waals surface area contributed by atoms with E-state index in [1.165, 1.54) is 12.1 Å². The van der Waals surface area contributed by atoms with Crippen molar-refractivity contribution in [1.82, 2.24) is 0 Å². The molecule has 1 aliphatic carbocycles. The molecule has 0 aromatic heterocycles. The minimum atomic E-state index is -1.28. The van der Waals surface area contributed by atoms with E-state index in [-0.39, 0.29) is 29.1 Å². The van der Waals surface area contributed by atoms with Crippen LogP contribution in [0.1, 0.15) is 46.0 Å². The van der Waals surface area contributed by atoms with E-state index in [0.29, 0.717) is 18.3 Å². The number of hydrogen-bond acceptors (Lipinski definition) is 4. The summed E-state index contributed by atoms with van der Waals surface area (Å²) < 4.78 is 47.2. The van der Waals surface area contributed by atoms with Crippen molar-refractivity contribution in [3.8, 4) is 5.75 Å². The van der Waals surface area contributed by atoms with Crippen molar-refractivity contribution in [3.05, 3.63) is 47.8 Å². The van der Waals surface area contributed by atoms with Gasteiger partial charge in [-0.3, -0.25) is 0 Å². The maximum Gasteiger partial charge on any atom is 0.341 e. The molecule has 0 radical (unpaired) electrons. The molecular weight excluding hydrogens is 463 g/mol. The molecule has 35 heavy (non-hydrogen) atoms. The number of nitrogens with zero attached hydrogens (tertiary/aromatic N) is 1. The molecule has 1 fully saturated rings. The number of amides is 2. The number of aliphatic carboxylic acids is 1. The number of carboxylic acids is 1. The summed E-state index contributed by atoms with van der Waals surface area (Å²) in [6, 6.07) is 4.49. The average Bonchev–Trinajstić information content (AvgIpc) is 2.80. The number of carboxylic acid groups (broad SMARTS) is 1. The molecule has 1 aliphatic rings. The van der Waals surface area contributed by atoms with Gasteiger partial charge < -0.3 is 25.4 Å². The first-order chi connectivity index (χ1) is 16.6. The molecule has 0 saturated heterocycles. The molecule has 10 heteroatoms. The van der Waals surface area contributed by atoms with Gasteiger partial charge in [-0.05, 0) is 30.9 Å². The van der Waals surface area contributed by atoms with Crippen LogP contribution in [-0.2, 0) is 4.79 Å². The third kappa shape index (κ3) is 7.27. The van der Waals surface area contributed by atoms with Gasteiger partial charge in [0, 0.05) is 30.8 Å². The highest BCUT2D eigenvalue weighted by atomic mass is 19.1. The Hall–Kier alpha value is -3.43. The second-order valence-electron chi connectivity index (χ2n) is 9.02. The zero-order chi connectivity index (χ0) is 25.5. The fourth-order valence-corrected chi connectivity index (χ4v) is 4.23. The normalized spacial score (nSPS) is 14.0. The monoisotopic (exact) mass is 493 g/mol. The number of anilines is 3. The van der Waals surface area contributed by atoms with Crippen molar-refractivity contribution in [2.24, 2.45) is 5.92 Å². The van der Waals surface area contributed by atoms with E-state index < -0.39 is 36.1 Å². The van der Waals surface area contributed by atoms with Crippen molar-refractivity contribution in [3.63, 3.8) is 0 Å². The zero-order valence-electron chi connectivity index (χ0n) is 19.7. The van der Waals surface area contributed by atoms with Gasteiger partial charge in [-0.15, -0.1) is 0 Å². The van der Waals surface area contributed by atoms with Crippen molar-refractivity contribution >= 4 is 29.1 Å². The number of rotatable bonds is 9. The van der Waals surface area contributed by atoms with Crippen molar-refractivity contribution < 1.29 is 32.6 Å². The Morgan fingerprint density at radius 3 is 2.34 bits per heavy atom. The summed E-state index contributed by atoms with van der Waals surface area (Å²) in [5, 5.41) is 13.8. The first-order valence-electron chi connectivity index (χ1n) is 11.6. The summed E-state index contributed by atoms with van der Waals surface area (Å²) in [5.41, 5.74) is 0.361. The molecule has 190 valence electrons. The van der Waals surface area contributed by atoms with Gasteiger partial charge in [0.2, 0.25) is 0 Å². The minimum Gasteiger partial charge on any atom is -0.479 e. The Balaban J connectivity index is 1.96. The van der Waals surface area contributed by atoms with Crippen LogP contribution in [0, 0.1) is 23.4 Å². The number of carbonyl (C=O) groups excluding carboxylic acids is 1. The second-order valence-corrected chi connectivity index (χ2v) is 9.02. The fourth-order valence-electron chi connectivity index (χ4n) is 4.23. The van der Waals surface area contributed by atoms with E-state index in [9.17, 15) is 22.8 Å². The Labute approximate surface area is 202 Å². The molecule has 3 N–H and O–H groups in total. The van der Waals surface area contributed by atoms with Gasteiger partial charge in [-0.25, -0.2) is 22.8 Å². The zero-order valence-corrected chi connectivity index (χ0v) is 19.7. The summed E-state index contributed by atoms with van der Waals surface area (Å²) in [7, 11) is 0. The van der Waals surface area contributed by atoms with E-state index in [1.54, 1.807) is 0 Å². The molecular formula is C25H30F3N3O4. The largest absolute Gasteiger partial charge is 0.479 e. The van der Waals surface area contributed by atoms with Gasteiger partial charge in [0.15, 0.2) is 18.2 Å². The lowest BCUT2D eigenvalue weighted by Crippen LogP contribution is -2.40. The molecule has 0 unspecified atom stereocenters. The van der Waals surface area contributed by atoms with Crippen LogP contribution in [-0.4, -0.2) is 36.3 Å². The number of halogens is 3. The molecule has 0 bridgehead atoms. The Bertz CT molecular complexity index is 1060. The summed E-state index contributed by atoms with van der Waals surface area (Å²) in [6.07, 6.45) is 5.03. The van der Waals surface area contributed by atoms with Gasteiger partial charge in [-0.2, -0.15) is 0 Å². The van der Waals surface area contributed by atoms with Crippen LogP contribution in [0.3, 0.4) is 0 Å². The Morgan fingerprint density at radius 2 is 1.71 bits per heavy atom. The van der Waals surface area contributed by atoms with Gasteiger partial charge in [0.1, 0.15) is 11.6 Å². The summed E-state index contributed by atoms with van der Waals surface area (Å²) in [5.74, 6) is -3.89. The number of ether oxygens (including phenoxy) is 1. The maximum absolute atomic E-state index is 15.0. The predicted molar refractivity (Wildman–Crippen MR) is 128 cm³/mol. The van der Waals surface area contributed by atoms with Crippen molar-refractivity contribution in [2.45, 2.75) is 52.0 Å². The van der Waals surface area contributed by atoms with E-state index in [0.717, 1.165) is 44.2 Å². The fraction of sp³-hybridized carbons (Fsp3) is 0.440. The van der Waals surface area contributed by atoms with Gasteiger partial charge in [0.25, 0.3) is 0 Å². The van der Waals surface area contributed by atoms with Gasteiger partial charge in [-0.1, -0.05) is 33.1 Å². The molecule has 0 spiro atoms. The standard InChI is InChI=1S/C25H30F3N3O4/c1-15(2)13-31(17-6-4-3-5-7-17)22-11-19(28)23(35-14-24(32)33)12-21(22)30-25(34)29-20-9-8-16(26)10-18(20)27/h8-12,15,17H,3-7,13-14H2,1-2H3,(H,32,33)(H2,29,30,34). The summed E-state index contributed by atoms with van der Waals surface area (Å²) in [6.45, 7) is 3.91. The maximum atomic E-state index is 15.0. The average molecular weight is 494 g/mol. The van der Waals surface area contributed by atoms with Crippen molar-refractivity contribution in [2.75, 3.05) is 28.7 Å². The summed E-state index contributed by atoms with van der Waals surface area (Å²) in [4.78, 5) is 25.7. The van der Waals surface area contributed by atoms with Crippen LogP contribution in [0.25, 0.3) is 0 Å². The summed E-state index contributed by atoms with van der Waals surface area (Å²) >= 11 is 0. The molecule has 1 saturated carbocycles. The van der Waals surface area contributed by atoms with Crippen LogP contribution in [0.5, 0.6) is 5.75 Å². The third-order valence-electron chi connectivity index (χ3n) is 5.72. The number of urea groups is 1. The highest BCUT2D eigenvalue weighted by Crippen LogP contribution is 2.37. The molecule has 7 nitrogen and oxygen atoms in total. The lowest BCUT2D eigenvalue weighted by atomic mass is 9.93. The molecule has 0 atom stereocenters. The minimum absolute atomic E-state index is 0.134. The second kappa shape index (κ2) is 11.8. The molecule has 0 heterocycles. The highest BCUT2D eigenvalue weighted by Gasteiger charge is 2.26. The van der Waals surface area contributed by atoms with E-state index in [4.69, 9.17) is 9.84 Å². The van der Waals surface area contributed by atoms with Crippen LogP contribution in [0.15, 0.2) is 30.3 Å². The van der Waals surface area contributed by atoms with Gasteiger partial charge in [0.05, 0.1) is 17.1 Å². The van der Waals surface area contributed by atoms with Crippen LogP contribution < -0.4 is 20.3 Å². The van der Waals surface area contributed by atoms with E-state index >= 15 is 0 Å². The van der Waals surface area contributed by atoms with Crippen LogP contribution >= 0.6 is 0 Å². The number of benzene rings is 2. The first kappa shape index (κ1) is 26.2. The topological polar surface area (TPSA) is 90.9 Å². The van der Waals surface area contributed by atoms with Crippen LogP contribution in [0.4, 0.5) is 35.0 Å². The van der Waals surface area contributed by atoms with E-state index in [2.05, 4.69) is 15.5 Å². The molecule has 2 aromatic carbocycles. The van der Waals surface area contributed by atoms with Crippen LogP contribution in [0.2, 0.25) is 0 Å². The Morgan fingerprint density at radius 1 is 1.03 bits per heavy atom. The van der Waals surface area contributed by atoms with Crippen molar-refractivity contribution in [1.29, 1.82) is 0 Å². The SMILES string of the molecule is CC(C)CN(c1cc(F)c(OCC(=O)O)cc1NC(=O)Nc1ccc(F)cc1F)C1CCCCC1. The number of carbonyl (C=O) groups is 2. The first-order valence-corrected chi connectivity index (χ1v) is 11.6. The number of hydrogen-bond donors (Lipinski definition) is 3. The molecule has 3 rings (SSSR count). The molecule has 2 aromatic rings. The third-order valence-corrected chi connectivity index (χ3v) is 5.72. The number of nitrogens with one attached hydrogen (secondary N) is 2. The highest BCUT2D eigenvalue weighted by molar-refractivity contribution is 6.02. The van der Waals surface area contributed by atoms with E-state index in [1.807, 2.05) is 13.8 Å². The molecule has 0 aliphatic heterocycles. The predicted octanol–water partition coefficient (Wildman–Crippen LogP) is 6.01. The lowest BCUT2D eigenvalue weighted by Gasteiger charge is -2.38. The van der Waals surface area contributed by atoms with Gasteiger partial charge >= 0.3 is 12.0 Å². The smallest absolute Gasteiger partial charge is 0.341 e.